The molecule has 3 rings (SSSR count). The Bertz CT molecular complexity index is 374. The first kappa shape index (κ1) is 12.1. The topological polar surface area (TPSA) is 29.9 Å². The Labute approximate surface area is 110 Å². The van der Waals surface area contributed by atoms with Crippen molar-refractivity contribution < 1.29 is 0 Å². The largest absolute Gasteiger partial charge is 0.379 e. The lowest BCUT2D eigenvalue weighted by molar-refractivity contribution is 0.166. The highest BCUT2D eigenvalue weighted by Crippen LogP contribution is 2.41. The summed E-state index contributed by atoms with van der Waals surface area (Å²) in [4.78, 5) is 0. The Morgan fingerprint density at radius 3 is 2.17 bits per heavy atom. The molecule has 0 radical (unpaired) electrons. The second-order valence-corrected chi connectivity index (χ2v) is 6.35. The molecule has 0 unspecified atom stereocenters. The van der Waals surface area contributed by atoms with Gasteiger partial charge in [0.2, 0.25) is 0 Å². The number of anilines is 1. The van der Waals surface area contributed by atoms with Crippen LogP contribution in [0, 0.1) is 11.8 Å². The number of hydrogen-bond acceptors (Lipinski definition) is 2. The zero-order valence-corrected chi connectivity index (χ0v) is 11.6. The van der Waals surface area contributed by atoms with Gasteiger partial charge < -0.3 is 5.32 Å². The Hall–Kier alpha value is -0.990. The van der Waals surface area contributed by atoms with E-state index in [4.69, 9.17) is 0 Å². The number of rotatable bonds is 5. The second kappa shape index (κ2) is 4.94. The predicted molar refractivity (Wildman–Crippen MR) is 74.7 cm³/mol. The highest BCUT2D eigenvalue weighted by Gasteiger charge is 2.36. The van der Waals surface area contributed by atoms with Crippen molar-refractivity contribution in [3.8, 4) is 0 Å². The third-order valence-electron chi connectivity index (χ3n) is 4.78. The maximum atomic E-state index is 4.43. The summed E-state index contributed by atoms with van der Waals surface area (Å²) in [6.07, 6.45) is 12.7. The van der Waals surface area contributed by atoms with E-state index >= 15 is 0 Å². The van der Waals surface area contributed by atoms with E-state index in [1.54, 1.807) is 0 Å². The van der Waals surface area contributed by atoms with E-state index in [0.717, 1.165) is 11.8 Å². The molecule has 2 fully saturated rings. The van der Waals surface area contributed by atoms with E-state index in [-0.39, 0.29) is 0 Å². The molecule has 2 saturated carbocycles. The van der Waals surface area contributed by atoms with Crippen LogP contribution in [0.5, 0.6) is 0 Å². The molecule has 1 aromatic rings. The SMILES string of the molecule is CC(C)n1cc(NC(C2CCC2)C2CCC2)cn1. The molecule has 2 aliphatic carbocycles. The Balaban J connectivity index is 1.66. The van der Waals surface area contributed by atoms with Crippen molar-refractivity contribution >= 4 is 5.69 Å². The lowest BCUT2D eigenvalue weighted by Gasteiger charge is -2.43. The van der Waals surface area contributed by atoms with Crippen LogP contribution in [0.25, 0.3) is 0 Å². The highest BCUT2D eigenvalue weighted by atomic mass is 15.3. The van der Waals surface area contributed by atoms with Crippen LogP contribution in [0.15, 0.2) is 12.4 Å². The zero-order chi connectivity index (χ0) is 12.5. The van der Waals surface area contributed by atoms with Gasteiger partial charge in [0.15, 0.2) is 0 Å². The summed E-state index contributed by atoms with van der Waals surface area (Å²) in [7, 11) is 0. The Morgan fingerprint density at radius 1 is 1.17 bits per heavy atom. The molecule has 0 bridgehead atoms. The molecule has 3 nitrogen and oxygen atoms in total. The van der Waals surface area contributed by atoms with Crippen LogP contribution in [-0.2, 0) is 0 Å². The summed E-state index contributed by atoms with van der Waals surface area (Å²) >= 11 is 0. The molecule has 0 spiro atoms. The number of nitrogens with zero attached hydrogens (tertiary/aromatic N) is 2. The van der Waals surface area contributed by atoms with Crippen LogP contribution in [0.2, 0.25) is 0 Å². The van der Waals surface area contributed by atoms with Gasteiger partial charge in [-0.05, 0) is 51.4 Å². The van der Waals surface area contributed by atoms with E-state index in [1.165, 1.54) is 44.2 Å². The minimum absolute atomic E-state index is 0.450. The molecule has 0 amide bonds. The molecule has 0 atom stereocenters. The van der Waals surface area contributed by atoms with Crippen molar-refractivity contribution in [3.05, 3.63) is 12.4 Å². The van der Waals surface area contributed by atoms with Crippen molar-refractivity contribution in [2.45, 2.75) is 64.5 Å². The van der Waals surface area contributed by atoms with Gasteiger partial charge in [-0.3, -0.25) is 4.68 Å². The fraction of sp³-hybridized carbons (Fsp3) is 0.800. The van der Waals surface area contributed by atoms with Crippen molar-refractivity contribution in [2.75, 3.05) is 5.32 Å². The van der Waals surface area contributed by atoms with E-state index < -0.39 is 0 Å². The average Bonchev–Trinajstić information content (AvgIpc) is 2.60. The molecular formula is C15H25N3. The Kier molecular flexibility index (Phi) is 3.31. The van der Waals surface area contributed by atoms with Gasteiger partial charge in [0.25, 0.3) is 0 Å². The standard InChI is InChI=1S/C15H25N3/c1-11(2)18-10-14(9-16-18)17-15(12-5-3-6-12)13-7-4-8-13/h9-13,15,17H,3-8H2,1-2H3. The van der Waals surface area contributed by atoms with Crippen LogP contribution in [0.4, 0.5) is 5.69 Å². The third kappa shape index (κ3) is 2.27. The van der Waals surface area contributed by atoms with E-state index in [0.29, 0.717) is 12.1 Å². The third-order valence-corrected chi connectivity index (χ3v) is 4.78. The second-order valence-electron chi connectivity index (χ2n) is 6.35. The van der Waals surface area contributed by atoms with Gasteiger partial charge in [0.05, 0.1) is 11.9 Å². The maximum absolute atomic E-state index is 4.43. The molecular weight excluding hydrogens is 222 g/mol. The van der Waals surface area contributed by atoms with Gasteiger partial charge in [-0.1, -0.05) is 12.8 Å². The summed E-state index contributed by atoms with van der Waals surface area (Å²) in [6, 6.07) is 1.16. The van der Waals surface area contributed by atoms with Crippen LogP contribution in [0.1, 0.15) is 58.4 Å². The van der Waals surface area contributed by atoms with Crippen LogP contribution in [0.3, 0.4) is 0 Å². The van der Waals surface area contributed by atoms with Crippen LogP contribution < -0.4 is 5.32 Å². The summed E-state index contributed by atoms with van der Waals surface area (Å²) in [6.45, 7) is 4.35. The van der Waals surface area contributed by atoms with Crippen molar-refractivity contribution in [3.63, 3.8) is 0 Å². The minimum atomic E-state index is 0.450. The highest BCUT2D eigenvalue weighted by molar-refractivity contribution is 5.40. The minimum Gasteiger partial charge on any atom is -0.379 e. The number of aromatic nitrogens is 2. The molecule has 18 heavy (non-hydrogen) atoms. The van der Waals surface area contributed by atoms with Gasteiger partial charge in [-0.2, -0.15) is 5.10 Å². The number of hydrogen-bond donors (Lipinski definition) is 1. The maximum Gasteiger partial charge on any atom is 0.0728 e. The van der Waals surface area contributed by atoms with Gasteiger partial charge in [0.1, 0.15) is 0 Å². The first-order valence-corrected chi connectivity index (χ1v) is 7.54. The fourth-order valence-corrected chi connectivity index (χ4v) is 3.11. The quantitative estimate of drug-likeness (QED) is 0.856. The van der Waals surface area contributed by atoms with Gasteiger partial charge in [-0.15, -0.1) is 0 Å². The summed E-state index contributed by atoms with van der Waals surface area (Å²) in [5.41, 5.74) is 1.22. The van der Waals surface area contributed by atoms with E-state index in [2.05, 4.69) is 30.5 Å². The summed E-state index contributed by atoms with van der Waals surface area (Å²) in [5.74, 6) is 1.83. The van der Waals surface area contributed by atoms with Crippen LogP contribution >= 0.6 is 0 Å². The average molecular weight is 247 g/mol. The molecule has 0 saturated heterocycles. The van der Waals surface area contributed by atoms with Gasteiger partial charge in [0, 0.05) is 18.3 Å². The predicted octanol–water partition coefficient (Wildman–Crippen LogP) is 3.84. The fourth-order valence-electron chi connectivity index (χ4n) is 3.11. The normalized spacial score (nSPS) is 21.1. The molecule has 0 aliphatic heterocycles. The molecule has 0 aromatic carbocycles. The first-order valence-electron chi connectivity index (χ1n) is 7.54. The molecule has 1 N–H and O–H groups in total. The van der Waals surface area contributed by atoms with E-state index in [9.17, 15) is 0 Å². The molecule has 100 valence electrons. The van der Waals surface area contributed by atoms with Gasteiger partial charge in [-0.25, -0.2) is 0 Å². The Morgan fingerprint density at radius 2 is 1.78 bits per heavy atom. The molecule has 1 heterocycles. The number of nitrogens with one attached hydrogen (secondary N) is 1. The monoisotopic (exact) mass is 247 g/mol. The van der Waals surface area contributed by atoms with Crippen molar-refractivity contribution in [1.29, 1.82) is 0 Å². The van der Waals surface area contributed by atoms with E-state index in [1.807, 2.05) is 10.9 Å². The molecule has 1 aromatic heterocycles. The lowest BCUT2D eigenvalue weighted by atomic mass is 9.68. The van der Waals surface area contributed by atoms with Crippen LogP contribution in [-0.4, -0.2) is 15.8 Å². The molecule has 3 heteroatoms. The van der Waals surface area contributed by atoms with Crippen molar-refractivity contribution in [1.82, 2.24) is 9.78 Å². The molecule has 2 aliphatic rings. The van der Waals surface area contributed by atoms with Crippen molar-refractivity contribution in [2.24, 2.45) is 11.8 Å². The zero-order valence-electron chi connectivity index (χ0n) is 11.6. The smallest absolute Gasteiger partial charge is 0.0728 e. The van der Waals surface area contributed by atoms with Gasteiger partial charge >= 0.3 is 0 Å². The first-order chi connectivity index (χ1) is 8.74. The summed E-state index contributed by atoms with van der Waals surface area (Å²) < 4.78 is 2.04. The lowest BCUT2D eigenvalue weighted by Crippen LogP contribution is -2.42. The summed E-state index contributed by atoms with van der Waals surface area (Å²) in [5, 5.41) is 8.20.